The van der Waals surface area contributed by atoms with Gasteiger partial charge in [-0.15, -0.1) is 0 Å². The predicted molar refractivity (Wildman–Crippen MR) is 84.4 cm³/mol. The fraction of sp³-hybridized carbons (Fsp3) is 0.500. The van der Waals surface area contributed by atoms with Crippen LogP contribution < -0.4 is 5.32 Å². The van der Waals surface area contributed by atoms with Crippen LogP contribution in [0.4, 0.5) is 4.39 Å². The van der Waals surface area contributed by atoms with Crippen molar-refractivity contribution in [2.24, 2.45) is 5.92 Å². The molecule has 23 heavy (non-hydrogen) atoms. The number of nitrogens with zero attached hydrogens (tertiary/aromatic N) is 1. The van der Waals surface area contributed by atoms with Gasteiger partial charge in [-0.2, -0.15) is 0 Å². The third kappa shape index (κ3) is 4.91. The Hall–Kier alpha value is -1.66. The molecule has 1 saturated heterocycles. The number of ether oxygens (including phenoxy) is 1. The minimum absolute atomic E-state index is 0.0302. The van der Waals surface area contributed by atoms with Crippen LogP contribution in [0.15, 0.2) is 18.2 Å². The van der Waals surface area contributed by atoms with Crippen molar-refractivity contribution < 1.29 is 18.7 Å². The summed E-state index contributed by atoms with van der Waals surface area (Å²) in [5.74, 6) is -0.933. The zero-order chi connectivity index (χ0) is 16.8. The third-order valence-corrected chi connectivity index (χ3v) is 4.15. The first-order valence-corrected chi connectivity index (χ1v) is 7.87. The SMILES string of the molecule is COCC(=O)N1CCCC(C(=O)NCc2ccc(F)c(Cl)c2)C1. The van der Waals surface area contributed by atoms with Gasteiger partial charge in [0.2, 0.25) is 11.8 Å². The molecule has 0 bridgehead atoms. The number of rotatable bonds is 5. The molecule has 1 aromatic carbocycles. The Kier molecular flexibility index (Phi) is 6.36. The molecule has 1 aliphatic rings. The van der Waals surface area contributed by atoms with Crippen LogP contribution in [-0.4, -0.2) is 43.5 Å². The van der Waals surface area contributed by atoms with E-state index in [1.54, 1.807) is 11.0 Å². The minimum atomic E-state index is -0.485. The van der Waals surface area contributed by atoms with Crippen LogP contribution in [-0.2, 0) is 20.9 Å². The molecule has 0 spiro atoms. The molecule has 2 rings (SSSR count). The number of benzene rings is 1. The monoisotopic (exact) mass is 342 g/mol. The fourth-order valence-electron chi connectivity index (χ4n) is 2.62. The van der Waals surface area contributed by atoms with Gasteiger partial charge in [0.25, 0.3) is 0 Å². The molecule has 0 aliphatic carbocycles. The molecule has 1 unspecified atom stereocenters. The van der Waals surface area contributed by atoms with Gasteiger partial charge in [0.05, 0.1) is 10.9 Å². The van der Waals surface area contributed by atoms with E-state index < -0.39 is 5.82 Å². The average molecular weight is 343 g/mol. The van der Waals surface area contributed by atoms with Crippen LogP contribution in [0.1, 0.15) is 18.4 Å². The quantitative estimate of drug-likeness (QED) is 0.890. The van der Waals surface area contributed by atoms with E-state index in [0.29, 0.717) is 13.1 Å². The largest absolute Gasteiger partial charge is 0.375 e. The normalized spacial score (nSPS) is 17.9. The van der Waals surface area contributed by atoms with E-state index in [4.69, 9.17) is 16.3 Å². The van der Waals surface area contributed by atoms with Crippen molar-refractivity contribution in [1.29, 1.82) is 0 Å². The van der Waals surface area contributed by atoms with E-state index in [1.807, 2.05) is 0 Å². The second-order valence-corrected chi connectivity index (χ2v) is 5.99. The first-order chi connectivity index (χ1) is 11.0. The van der Waals surface area contributed by atoms with E-state index in [2.05, 4.69) is 5.32 Å². The molecule has 1 fully saturated rings. The summed E-state index contributed by atoms with van der Waals surface area (Å²) in [5.41, 5.74) is 0.730. The van der Waals surface area contributed by atoms with Crippen LogP contribution in [0.3, 0.4) is 0 Å². The lowest BCUT2D eigenvalue weighted by atomic mass is 9.97. The Morgan fingerprint density at radius 2 is 2.26 bits per heavy atom. The number of amides is 2. The third-order valence-electron chi connectivity index (χ3n) is 3.86. The Labute approximate surface area is 139 Å². The topological polar surface area (TPSA) is 58.6 Å². The average Bonchev–Trinajstić information content (AvgIpc) is 2.56. The highest BCUT2D eigenvalue weighted by Crippen LogP contribution is 2.18. The van der Waals surface area contributed by atoms with Crippen molar-refractivity contribution in [2.75, 3.05) is 26.8 Å². The Bertz CT molecular complexity index is 582. The molecule has 5 nitrogen and oxygen atoms in total. The van der Waals surface area contributed by atoms with E-state index in [9.17, 15) is 14.0 Å². The Balaban J connectivity index is 1.87. The van der Waals surface area contributed by atoms with Crippen molar-refractivity contribution in [1.82, 2.24) is 10.2 Å². The van der Waals surface area contributed by atoms with Crippen LogP contribution in [0.2, 0.25) is 5.02 Å². The number of hydrogen-bond acceptors (Lipinski definition) is 3. The molecule has 1 heterocycles. The highest BCUT2D eigenvalue weighted by Gasteiger charge is 2.28. The smallest absolute Gasteiger partial charge is 0.248 e. The van der Waals surface area contributed by atoms with Gasteiger partial charge in [0, 0.05) is 26.7 Å². The van der Waals surface area contributed by atoms with Gasteiger partial charge in [-0.1, -0.05) is 17.7 Å². The van der Waals surface area contributed by atoms with Gasteiger partial charge in [-0.3, -0.25) is 9.59 Å². The molecule has 2 amide bonds. The summed E-state index contributed by atoms with van der Waals surface area (Å²) in [5, 5.41) is 2.85. The maximum atomic E-state index is 13.1. The molecular weight excluding hydrogens is 323 g/mol. The number of piperidine rings is 1. The molecular formula is C16H20ClFN2O3. The Morgan fingerprint density at radius 1 is 1.48 bits per heavy atom. The van der Waals surface area contributed by atoms with Crippen molar-refractivity contribution in [3.8, 4) is 0 Å². The predicted octanol–water partition coefficient (Wildman–Crippen LogP) is 1.98. The second-order valence-electron chi connectivity index (χ2n) is 5.58. The maximum absolute atomic E-state index is 13.1. The van der Waals surface area contributed by atoms with E-state index in [0.717, 1.165) is 18.4 Å². The lowest BCUT2D eigenvalue weighted by Gasteiger charge is -2.32. The van der Waals surface area contributed by atoms with Gasteiger partial charge < -0.3 is 15.0 Å². The maximum Gasteiger partial charge on any atom is 0.248 e. The molecule has 0 saturated carbocycles. The van der Waals surface area contributed by atoms with Crippen molar-refractivity contribution in [3.63, 3.8) is 0 Å². The molecule has 0 aromatic heterocycles. The van der Waals surface area contributed by atoms with Crippen molar-refractivity contribution in [2.45, 2.75) is 19.4 Å². The summed E-state index contributed by atoms with van der Waals surface area (Å²) in [4.78, 5) is 25.8. The molecule has 1 aliphatic heterocycles. The van der Waals surface area contributed by atoms with Crippen LogP contribution in [0.5, 0.6) is 0 Å². The summed E-state index contributed by atoms with van der Waals surface area (Å²) in [6.07, 6.45) is 1.53. The first kappa shape index (κ1) is 17.7. The zero-order valence-electron chi connectivity index (χ0n) is 13.0. The van der Waals surface area contributed by atoms with Crippen molar-refractivity contribution >= 4 is 23.4 Å². The highest BCUT2D eigenvalue weighted by molar-refractivity contribution is 6.30. The number of methoxy groups -OCH3 is 1. The summed E-state index contributed by atoms with van der Waals surface area (Å²) in [7, 11) is 1.47. The Morgan fingerprint density at radius 3 is 2.96 bits per heavy atom. The van der Waals surface area contributed by atoms with E-state index >= 15 is 0 Å². The van der Waals surface area contributed by atoms with Gasteiger partial charge in [-0.25, -0.2) is 4.39 Å². The lowest BCUT2D eigenvalue weighted by molar-refractivity contribution is -0.139. The minimum Gasteiger partial charge on any atom is -0.375 e. The van der Waals surface area contributed by atoms with Crippen LogP contribution in [0.25, 0.3) is 0 Å². The fourth-order valence-corrected chi connectivity index (χ4v) is 2.82. The number of hydrogen-bond donors (Lipinski definition) is 1. The highest BCUT2D eigenvalue weighted by atomic mass is 35.5. The summed E-state index contributed by atoms with van der Waals surface area (Å²) >= 11 is 5.72. The molecule has 7 heteroatoms. The number of halogens is 2. The number of carbonyl (C=O) groups excluding carboxylic acids is 2. The van der Waals surface area contributed by atoms with Gasteiger partial charge in [0.15, 0.2) is 0 Å². The van der Waals surface area contributed by atoms with Crippen LogP contribution in [0, 0.1) is 11.7 Å². The zero-order valence-corrected chi connectivity index (χ0v) is 13.7. The van der Waals surface area contributed by atoms with E-state index in [1.165, 1.54) is 19.2 Å². The van der Waals surface area contributed by atoms with Gasteiger partial charge in [-0.05, 0) is 30.5 Å². The molecule has 1 atom stereocenters. The van der Waals surface area contributed by atoms with Gasteiger partial charge in [0.1, 0.15) is 12.4 Å². The standard InChI is InChI=1S/C16H20ClFN2O3/c1-23-10-15(21)20-6-2-3-12(9-20)16(22)19-8-11-4-5-14(18)13(17)7-11/h4-5,7,12H,2-3,6,8-10H2,1H3,(H,19,22). The van der Waals surface area contributed by atoms with Gasteiger partial charge >= 0.3 is 0 Å². The molecule has 0 radical (unpaired) electrons. The summed E-state index contributed by atoms with van der Waals surface area (Å²) < 4.78 is 17.9. The lowest BCUT2D eigenvalue weighted by Crippen LogP contribution is -2.46. The number of likely N-dealkylation sites (tertiary alicyclic amines) is 1. The molecule has 126 valence electrons. The molecule has 1 aromatic rings. The molecule has 1 N–H and O–H groups in total. The number of carbonyl (C=O) groups is 2. The summed E-state index contributed by atoms with van der Waals surface area (Å²) in [6, 6.07) is 4.35. The summed E-state index contributed by atoms with van der Waals surface area (Å²) in [6.45, 7) is 1.36. The second kappa shape index (κ2) is 8.26. The van der Waals surface area contributed by atoms with Crippen LogP contribution >= 0.6 is 11.6 Å². The first-order valence-electron chi connectivity index (χ1n) is 7.49. The van der Waals surface area contributed by atoms with Crippen molar-refractivity contribution in [3.05, 3.63) is 34.6 Å². The van der Waals surface area contributed by atoms with E-state index in [-0.39, 0.29) is 35.9 Å². The number of nitrogens with one attached hydrogen (secondary N) is 1.